The molecule has 0 radical (unpaired) electrons. The molecule has 20 heavy (non-hydrogen) atoms. The van der Waals surface area contributed by atoms with Gasteiger partial charge in [-0.2, -0.15) is 0 Å². The second-order valence-electron chi connectivity index (χ2n) is 3.60. The van der Waals surface area contributed by atoms with E-state index in [-0.39, 0.29) is 6.61 Å². The highest BCUT2D eigenvalue weighted by atomic mass is 79.9. The van der Waals surface area contributed by atoms with Crippen LogP contribution in [-0.2, 0) is 9.53 Å². The number of rotatable bonds is 7. The average molecular weight is 346 g/mol. The highest BCUT2D eigenvalue weighted by Gasteiger charge is 2.14. The van der Waals surface area contributed by atoms with E-state index in [0.29, 0.717) is 34.7 Å². The van der Waals surface area contributed by atoms with E-state index in [4.69, 9.17) is 19.4 Å². The van der Waals surface area contributed by atoms with Crippen LogP contribution in [-0.4, -0.2) is 37.2 Å². The van der Waals surface area contributed by atoms with Crippen molar-refractivity contribution in [3.8, 4) is 11.5 Å². The van der Waals surface area contributed by atoms with Gasteiger partial charge >= 0.3 is 5.97 Å². The first-order valence-corrected chi connectivity index (χ1v) is 6.83. The van der Waals surface area contributed by atoms with E-state index in [1.165, 1.54) is 6.21 Å². The molecule has 0 heterocycles. The van der Waals surface area contributed by atoms with Gasteiger partial charge in [0.2, 0.25) is 0 Å². The van der Waals surface area contributed by atoms with Gasteiger partial charge in [0, 0.05) is 5.56 Å². The van der Waals surface area contributed by atoms with Gasteiger partial charge in [0.25, 0.3) is 0 Å². The van der Waals surface area contributed by atoms with Gasteiger partial charge in [-0.15, -0.1) is 0 Å². The molecule has 0 aliphatic carbocycles. The number of benzene rings is 1. The lowest BCUT2D eigenvalue weighted by Gasteiger charge is -2.14. The van der Waals surface area contributed by atoms with Crippen LogP contribution < -0.4 is 9.47 Å². The standard InChI is InChI=1S/C13H16BrNO5/c1-3-18-11-6-9(7-15-17)5-10(14)13(11)20-8-12(16)19-4-2/h5-7,17H,3-4,8H2,1-2H3. The first kappa shape index (κ1) is 16.3. The Balaban J connectivity index is 2.95. The van der Waals surface area contributed by atoms with E-state index < -0.39 is 5.97 Å². The third-order valence-corrected chi connectivity index (χ3v) is 2.77. The third-order valence-electron chi connectivity index (χ3n) is 2.18. The topological polar surface area (TPSA) is 77.4 Å². The van der Waals surface area contributed by atoms with E-state index in [1.54, 1.807) is 19.1 Å². The quantitative estimate of drug-likeness (QED) is 0.355. The Kier molecular flexibility index (Phi) is 6.86. The maximum absolute atomic E-state index is 11.3. The number of oxime groups is 1. The molecule has 1 rings (SSSR count). The molecule has 1 aromatic rings. The number of hydrogen-bond donors (Lipinski definition) is 1. The Bertz CT molecular complexity index is 490. The van der Waals surface area contributed by atoms with Crippen LogP contribution in [0, 0.1) is 0 Å². The number of halogens is 1. The van der Waals surface area contributed by atoms with Gasteiger partial charge in [0.15, 0.2) is 18.1 Å². The number of carbonyl (C=O) groups is 1. The zero-order valence-electron chi connectivity index (χ0n) is 11.3. The van der Waals surface area contributed by atoms with E-state index in [0.717, 1.165) is 0 Å². The molecule has 0 aliphatic rings. The van der Waals surface area contributed by atoms with Gasteiger partial charge < -0.3 is 19.4 Å². The molecule has 110 valence electrons. The van der Waals surface area contributed by atoms with E-state index in [9.17, 15) is 4.79 Å². The summed E-state index contributed by atoms with van der Waals surface area (Å²) in [5, 5.41) is 11.5. The molecule has 0 saturated carbocycles. The van der Waals surface area contributed by atoms with E-state index >= 15 is 0 Å². The summed E-state index contributed by atoms with van der Waals surface area (Å²) < 4.78 is 16.2. The van der Waals surface area contributed by atoms with Gasteiger partial charge in [-0.3, -0.25) is 0 Å². The summed E-state index contributed by atoms with van der Waals surface area (Å²) >= 11 is 3.33. The molecule has 1 N–H and O–H groups in total. The molecule has 0 atom stereocenters. The van der Waals surface area contributed by atoms with Crippen molar-refractivity contribution < 1.29 is 24.2 Å². The molecule has 0 aromatic heterocycles. The minimum atomic E-state index is -0.456. The summed E-state index contributed by atoms with van der Waals surface area (Å²) in [7, 11) is 0. The maximum atomic E-state index is 11.3. The first-order chi connectivity index (χ1) is 9.62. The van der Waals surface area contributed by atoms with Crippen molar-refractivity contribution in [2.75, 3.05) is 19.8 Å². The Hall–Kier alpha value is -1.76. The largest absolute Gasteiger partial charge is 0.490 e. The van der Waals surface area contributed by atoms with Crippen LogP contribution >= 0.6 is 15.9 Å². The van der Waals surface area contributed by atoms with Crippen molar-refractivity contribution in [1.29, 1.82) is 0 Å². The third kappa shape index (κ3) is 4.73. The minimum Gasteiger partial charge on any atom is -0.490 e. The van der Waals surface area contributed by atoms with Gasteiger partial charge in [-0.1, -0.05) is 5.16 Å². The van der Waals surface area contributed by atoms with Crippen LogP contribution in [0.2, 0.25) is 0 Å². The zero-order valence-corrected chi connectivity index (χ0v) is 12.8. The van der Waals surface area contributed by atoms with Crippen molar-refractivity contribution in [2.45, 2.75) is 13.8 Å². The number of hydrogen-bond acceptors (Lipinski definition) is 6. The van der Waals surface area contributed by atoms with Crippen LogP contribution in [0.3, 0.4) is 0 Å². The van der Waals surface area contributed by atoms with Crippen LogP contribution in [0.1, 0.15) is 19.4 Å². The monoisotopic (exact) mass is 345 g/mol. The SMILES string of the molecule is CCOC(=O)COc1c(Br)cc(C=NO)cc1OCC. The molecule has 0 unspecified atom stereocenters. The van der Waals surface area contributed by atoms with Crippen LogP contribution in [0.15, 0.2) is 21.8 Å². The highest BCUT2D eigenvalue weighted by molar-refractivity contribution is 9.10. The fraction of sp³-hybridized carbons (Fsp3) is 0.385. The van der Waals surface area contributed by atoms with Gasteiger partial charge in [0.05, 0.1) is 23.9 Å². The minimum absolute atomic E-state index is 0.208. The Morgan fingerprint density at radius 2 is 2.10 bits per heavy atom. The molecule has 0 saturated heterocycles. The number of esters is 1. The second kappa shape index (κ2) is 8.42. The lowest BCUT2D eigenvalue weighted by molar-refractivity contribution is -0.145. The van der Waals surface area contributed by atoms with Crippen LogP contribution in [0.4, 0.5) is 0 Å². The summed E-state index contributed by atoms with van der Waals surface area (Å²) in [4.78, 5) is 11.3. The van der Waals surface area contributed by atoms with E-state index in [2.05, 4.69) is 21.1 Å². The molecule has 7 heteroatoms. The molecule has 0 spiro atoms. The Labute approximate surface area is 125 Å². The fourth-order valence-electron chi connectivity index (χ4n) is 1.47. The predicted octanol–water partition coefficient (Wildman–Crippen LogP) is 2.60. The van der Waals surface area contributed by atoms with Crippen molar-refractivity contribution in [3.63, 3.8) is 0 Å². The number of nitrogens with zero attached hydrogens (tertiary/aromatic N) is 1. The van der Waals surface area contributed by atoms with Crippen LogP contribution in [0.5, 0.6) is 11.5 Å². The smallest absolute Gasteiger partial charge is 0.344 e. The van der Waals surface area contributed by atoms with Crippen molar-refractivity contribution in [1.82, 2.24) is 0 Å². The number of carbonyl (C=O) groups excluding carboxylic acids is 1. The first-order valence-electron chi connectivity index (χ1n) is 6.04. The normalized spacial score (nSPS) is 10.6. The zero-order chi connectivity index (χ0) is 15.0. The Morgan fingerprint density at radius 3 is 2.70 bits per heavy atom. The molecule has 0 aliphatic heterocycles. The Morgan fingerprint density at radius 1 is 1.35 bits per heavy atom. The van der Waals surface area contributed by atoms with Crippen molar-refractivity contribution in [2.24, 2.45) is 5.16 Å². The lowest BCUT2D eigenvalue weighted by Crippen LogP contribution is -2.15. The molecular formula is C13H16BrNO5. The molecule has 6 nitrogen and oxygen atoms in total. The molecule has 0 fully saturated rings. The lowest BCUT2D eigenvalue weighted by atomic mass is 10.2. The van der Waals surface area contributed by atoms with Gasteiger partial charge in [0.1, 0.15) is 0 Å². The average Bonchev–Trinajstić information content (AvgIpc) is 2.39. The molecule has 0 bridgehead atoms. The summed E-state index contributed by atoms with van der Waals surface area (Å²) in [6, 6.07) is 3.33. The van der Waals surface area contributed by atoms with Crippen molar-refractivity contribution in [3.05, 3.63) is 22.2 Å². The van der Waals surface area contributed by atoms with Crippen LogP contribution in [0.25, 0.3) is 0 Å². The molecular weight excluding hydrogens is 330 g/mol. The second-order valence-corrected chi connectivity index (χ2v) is 4.46. The summed E-state index contributed by atoms with van der Waals surface area (Å²) in [5.74, 6) is 0.388. The molecule has 1 aromatic carbocycles. The maximum Gasteiger partial charge on any atom is 0.344 e. The highest BCUT2D eigenvalue weighted by Crippen LogP contribution is 2.36. The summed E-state index contributed by atoms with van der Waals surface area (Å²) in [6.45, 7) is 4.08. The number of ether oxygens (including phenoxy) is 3. The molecule has 0 amide bonds. The summed E-state index contributed by atoms with van der Waals surface area (Å²) in [6.07, 6.45) is 1.27. The summed E-state index contributed by atoms with van der Waals surface area (Å²) in [5.41, 5.74) is 0.631. The predicted molar refractivity (Wildman–Crippen MR) is 76.8 cm³/mol. The fourth-order valence-corrected chi connectivity index (χ4v) is 2.04. The van der Waals surface area contributed by atoms with Crippen molar-refractivity contribution >= 4 is 28.1 Å². The van der Waals surface area contributed by atoms with Gasteiger partial charge in [-0.05, 0) is 41.9 Å². The van der Waals surface area contributed by atoms with E-state index in [1.807, 2.05) is 6.92 Å². The van der Waals surface area contributed by atoms with Gasteiger partial charge in [-0.25, -0.2) is 4.79 Å².